The van der Waals surface area contributed by atoms with Gasteiger partial charge in [0.25, 0.3) is 0 Å². The summed E-state index contributed by atoms with van der Waals surface area (Å²) in [6.07, 6.45) is 3.68. The second-order valence-corrected chi connectivity index (χ2v) is 2.93. The van der Waals surface area contributed by atoms with E-state index in [-0.39, 0.29) is 0 Å². The molecule has 2 aromatic heterocycles. The maximum atomic E-state index is 4.29. The molecule has 13 heavy (non-hydrogen) atoms. The van der Waals surface area contributed by atoms with Gasteiger partial charge in [0.1, 0.15) is 0 Å². The molecule has 2 nitrogen and oxygen atoms in total. The minimum Gasteiger partial charge on any atom is -0.340 e. The highest BCUT2D eigenvalue weighted by atomic mass is 15.0. The average Bonchev–Trinajstić information content (AvgIpc) is 2.55. The molecule has 0 aromatic carbocycles. The highest BCUT2D eigenvalue weighted by Gasteiger charge is 2.03. The van der Waals surface area contributed by atoms with Crippen LogP contribution in [0.15, 0.2) is 31.0 Å². The Bertz CT molecular complexity index is 440. The van der Waals surface area contributed by atoms with Gasteiger partial charge in [0.2, 0.25) is 0 Å². The van der Waals surface area contributed by atoms with E-state index < -0.39 is 0 Å². The second kappa shape index (κ2) is 3.05. The fourth-order valence-corrected chi connectivity index (χ4v) is 1.63. The predicted octanol–water partition coefficient (Wildman–Crippen LogP) is 2.70. The summed E-state index contributed by atoms with van der Waals surface area (Å²) in [4.78, 5) is 4.29. The molecular weight excluding hydrogens is 160 g/mol. The SMILES string of the molecule is C=Cc1cc2ncccc2n1CC. The Hall–Kier alpha value is -1.57. The van der Waals surface area contributed by atoms with Crippen LogP contribution in [0.3, 0.4) is 0 Å². The lowest BCUT2D eigenvalue weighted by Crippen LogP contribution is -1.95. The fourth-order valence-electron chi connectivity index (χ4n) is 1.63. The molecule has 2 rings (SSSR count). The van der Waals surface area contributed by atoms with Crippen LogP contribution in [0.25, 0.3) is 17.1 Å². The molecule has 0 aliphatic heterocycles. The standard InChI is InChI=1S/C11H12N2/c1-3-9-8-10-11(13(9)4-2)6-5-7-12-10/h3,5-8H,1,4H2,2H3. The number of nitrogens with zero attached hydrogens (tertiary/aromatic N) is 2. The molecule has 0 aliphatic carbocycles. The highest BCUT2D eigenvalue weighted by molar-refractivity contribution is 5.79. The molecule has 2 heterocycles. The van der Waals surface area contributed by atoms with E-state index in [4.69, 9.17) is 0 Å². The van der Waals surface area contributed by atoms with Gasteiger partial charge in [-0.3, -0.25) is 4.98 Å². The molecule has 0 radical (unpaired) electrons. The van der Waals surface area contributed by atoms with Gasteiger partial charge in [0, 0.05) is 18.4 Å². The van der Waals surface area contributed by atoms with Crippen LogP contribution < -0.4 is 0 Å². The van der Waals surface area contributed by atoms with Crippen LogP contribution in [0.5, 0.6) is 0 Å². The largest absolute Gasteiger partial charge is 0.340 e. The number of pyridine rings is 1. The van der Waals surface area contributed by atoms with Gasteiger partial charge in [-0.25, -0.2) is 0 Å². The summed E-state index contributed by atoms with van der Waals surface area (Å²) in [5.74, 6) is 0. The zero-order valence-electron chi connectivity index (χ0n) is 7.70. The molecule has 2 heteroatoms. The summed E-state index contributed by atoms with van der Waals surface area (Å²) in [6.45, 7) is 6.87. The van der Waals surface area contributed by atoms with E-state index in [0.717, 1.165) is 17.8 Å². The smallest absolute Gasteiger partial charge is 0.0887 e. The first-order valence-electron chi connectivity index (χ1n) is 4.43. The van der Waals surface area contributed by atoms with Crippen molar-refractivity contribution in [2.24, 2.45) is 0 Å². The van der Waals surface area contributed by atoms with Gasteiger partial charge in [-0.2, -0.15) is 0 Å². The number of fused-ring (bicyclic) bond motifs is 1. The molecule has 0 spiro atoms. The van der Waals surface area contributed by atoms with E-state index in [1.807, 2.05) is 18.3 Å². The van der Waals surface area contributed by atoms with Crippen LogP contribution in [-0.2, 0) is 6.54 Å². The first-order valence-corrected chi connectivity index (χ1v) is 4.43. The van der Waals surface area contributed by atoms with E-state index in [9.17, 15) is 0 Å². The molecular formula is C11H12N2. The van der Waals surface area contributed by atoms with Gasteiger partial charge in [0.15, 0.2) is 0 Å². The summed E-state index contributed by atoms with van der Waals surface area (Å²) < 4.78 is 2.20. The van der Waals surface area contributed by atoms with Crippen molar-refractivity contribution in [3.8, 4) is 0 Å². The number of rotatable bonds is 2. The van der Waals surface area contributed by atoms with Gasteiger partial charge in [-0.05, 0) is 31.2 Å². The number of hydrogen-bond acceptors (Lipinski definition) is 1. The van der Waals surface area contributed by atoms with E-state index in [1.165, 1.54) is 5.52 Å². The molecule has 0 saturated heterocycles. The molecule has 0 amide bonds. The van der Waals surface area contributed by atoms with Crippen LogP contribution in [-0.4, -0.2) is 9.55 Å². The normalized spacial score (nSPS) is 10.5. The van der Waals surface area contributed by atoms with Crippen LogP contribution in [0.2, 0.25) is 0 Å². The van der Waals surface area contributed by atoms with Gasteiger partial charge >= 0.3 is 0 Å². The Morgan fingerprint density at radius 1 is 1.62 bits per heavy atom. The van der Waals surface area contributed by atoms with Gasteiger partial charge in [0.05, 0.1) is 11.0 Å². The van der Waals surface area contributed by atoms with Crippen molar-refractivity contribution >= 4 is 17.1 Å². The van der Waals surface area contributed by atoms with Crippen molar-refractivity contribution in [3.05, 3.63) is 36.7 Å². The third-order valence-corrected chi connectivity index (χ3v) is 2.23. The monoisotopic (exact) mass is 172 g/mol. The second-order valence-electron chi connectivity index (χ2n) is 2.93. The van der Waals surface area contributed by atoms with Crippen LogP contribution >= 0.6 is 0 Å². The lowest BCUT2D eigenvalue weighted by molar-refractivity contribution is 0.789. The zero-order chi connectivity index (χ0) is 9.26. The van der Waals surface area contributed by atoms with Gasteiger partial charge in [-0.15, -0.1) is 0 Å². The van der Waals surface area contributed by atoms with E-state index in [1.54, 1.807) is 0 Å². The molecule has 0 atom stereocenters. The fraction of sp³-hybridized carbons (Fsp3) is 0.182. The van der Waals surface area contributed by atoms with Crippen molar-refractivity contribution < 1.29 is 0 Å². The summed E-state index contributed by atoms with van der Waals surface area (Å²) in [7, 11) is 0. The first-order chi connectivity index (χ1) is 6.36. The van der Waals surface area contributed by atoms with Gasteiger partial charge < -0.3 is 4.57 Å². The van der Waals surface area contributed by atoms with Crippen LogP contribution in [0, 0.1) is 0 Å². The van der Waals surface area contributed by atoms with Crippen molar-refractivity contribution in [2.45, 2.75) is 13.5 Å². The lowest BCUT2D eigenvalue weighted by Gasteiger charge is -2.02. The van der Waals surface area contributed by atoms with Crippen molar-refractivity contribution in [2.75, 3.05) is 0 Å². The summed E-state index contributed by atoms with van der Waals surface area (Å²) in [6, 6.07) is 6.10. The Kier molecular flexibility index (Phi) is 1.89. The highest BCUT2D eigenvalue weighted by Crippen LogP contribution is 2.17. The van der Waals surface area contributed by atoms with Crippen molar-refractivity contribution in [1.82, 2.24) is 9.55 Å². The Morgan fingerprint density at radius 3 is 3.15 bits per heavy atom. The molecule has 2 aromatic rings. The van der Waals surface area contributed by atoms with Crippen molar-refractivity contribution in [3.63, 3.8) is 0 Å². The van der Waals surface area contributed by atoms with Gasteiger partial charge in [-0.1, -0.05) is 6.58 Å². The minimum absolute atomic E-state index is 0.955. The van der Waals surface area contributed by atoms with E-state index >= 15 is 0 Å². The van der Waals surface area contributed by atoms with Crippen LogP contribution in [0.4, 0.5) is 0 Å². The van der Waals surface area contributed by atoms with Crippen molar-refractivity contribution in [1.29, 1.82) is 0 Å². The van der Waals surface area contributed by atoms with Crippen LogP contribution in [0.1, 0.15) is 12.6 Å². The maximum absolute atomic E-state index is 4.29. The lowest BCUT2D eigenvalue weighted by atomic mass is 10.4. The topological polar surface area (TPSA) is 17.8 Å². The molecule has 0 unspecified atom stereocenters. The molecule has 66 valence electrons. The zero-order valence-corrected chi connectivity index (χ0v) is 7.70. The quantitative estimate of drug-likeness (QED) is 0.681. The molecule has 0 saturated carbocycles. The summed E-state index contributed by atoms with van der Waals surface area (Å²) >= 11 is 0. The third-order valence-electron chi connectivity index (χ3n) is 2.23. The average molecular weight is 172 g/mol. The molecule has 0 bridgehead atoms. The first kappa shape index (κ1) is 8.05. The molecule has 0 fully saturated rings. The van der Waals surface area contributed by atoms with E-state index in [0.29, 0.717) is 0 Å². The Morgan fingerprint density at radius 2 is 2.46 bits per heavy atom. The number of hydrogen-bond donors (Lipinski definition) is 0. The maximum Gasteiger partial charge on any atom is 0.0887 e. The minimum atomic E-state index is 0.955. The summed E-state index contributed by atoms with van der Waals surface area (Å²) in [5, 5.41) is 0. The predicted molar refractivity (Wildman–Crippen MR) is 55.5 cm³/mol. The Labute approximate surface area is 77.5 Å². The van der Waals surface area contributed by atoms with E-state index in [2.05, 4.69) is 35.2 Å². The summed E-state index contributed by atoms with van der Waals surface area (Å²) in [5.41, 5.74) is 3.36. The Balaban J connectivity index is 2.81. The number of aromatic nitrogens is 2. The molecule has 0 N–H and O–H groups in total. The molecule has 0 aliphatic rings. The third kappa shape index (κ3) is 1.15. The number of aryl methyl sites for hydroxylation is 1.